The fraction of sp³-hybridized carbons (Fsp3) is 0.877. The summed E-state index contributed by atoms with van der Waals surface area (Å²) in [6.07, 6.45) is -7.45. The van der Waals surface area contributed by atoms with E-state index in [0.717, 1.165) is 18.5 Å². The number of cyclic esters (lactones) is 1. The zero-order valence-corrected chi connectivity index (χ0v) is 52.1. The number of carbonyl (C=O) groups excluding carboxylic acids is 1. The van der Waals surface area contributed by atoms with Crippen molar-refractivity contribution in [3.8, 4) is 0 Å². The molecule has 6 N–H and O–H groups in total. The number of nitrogens with one attached hydrogen (secondary N) is 1. The summed E-state index contributed by atoms with van der Waals surface area (Å²) in [4.78, 5) is 26.2. The molecule has 0 radical (unpaired) electrons. The van der Waals surface area contributed by atoms with E-state index in [1.807, 2.05) is 109 Å². The molecule has 3 fully saturated rings. The minimum absolute atomic E-state index is 0.117. The molecule has 0 saturated carbocycles. The second kappa shape index (κ2) is 37.1. The average Bonchev–Trinajstić information content (AvgIpc) is 3.40. The molecule has 3 aliphatic heterocycles. The number of hydrogen-bond acceptors (Lipinski definition) is 18. The first kappa shape index (κ1) is 76.1. The van der Waals surface area contributed by atoms with Crippen LogP contribution in [0, 0.1) is 27.9 Å². The molecule has 18 atom stereocenters. The third-order valence-corrected chi connectivity index (χ3v) is 14.3. The van der Waals surface area contributed by atoms with Gasteiger partial charge >= 0.3 is 5.97 Å². The zero-order valence-electron chi connectivity index (χ0n) is 52.1. The van der Waals surface area contributed by atoms with Crippen LogP contribution < -0.4 is 5.32 Å². The minimum atomic E-state index is -1.80. The van der Waals surface area contributed by atoms with Crippen LogP contribution in [-0.4, -0.2) is 184 Å². The summed E-state index contributed by atoms with van der Waals surface area (Å²) in [6, 6.07) is 5.91. The zero-order chi connectivity index (χ0) is 60.3. The Morgan fingerprint density at radius 2 is 1.47 bits per heavy atom. The molecule has 454 valence electrons. The van der Waals surface area contributed by atoms with Gasteiger partial charge in [-0.3, -0.25) is 19.9 Å². The number of rotatable bonds is 13. The fourth-order valence-corrected chi connectivity index (χ4v) is 9.85. The van der Waals surface area contributed by atoms with Crippen LogP contribution in [0.5, 0.6) is 0 Å². The molecule has 3 aliphatic rings. The highest BCUT2D eigenvalue weighted by atomic mass is 16.7. The van der Waals surface area contributed by atoms with Gasteiger partial charge in [0.15, 0.2) is 12.6 Å². The smallest absolute Gasteiger partial charge is 0.311 e. The predicted octanol–water partition coefficient (Wildman–Crippen LogP) is 8.51. The van der Waals surface area contributed by atoms with E-state index in [2.05, 4.69) is 15.7 Å². The van der Waals surface area contributed by atoms with Gasteiger partial charge in [0.2, 0.25) is 0 Å². The maximum absolute atomic E-state index is 14.2. The number of methoxy groups -OCH3 is 1. The normalized spacial score (nSPS) is 36.2. The Hall–Kier alpha value is -2.99. The van der Waals surface area contributed by atoms with Gasteiger partial charge in [0.25, 0.3) is 5.69 Å². The largest absolute Gasteiger partial charge is 0.459 e. The number of carbonyl (C=O) groups is 1. The second-order valence-electron chi connectivity index (χ2n) is 20.9. The van der Waals surface area contributed by atoms with E-state index in [-0.39, 0.29) is 49.1 Å². The number of nitro groups is 1. The van der Waals surface area contributed by atoms with Crippen LogP contribution >= 0.6 is 0 Å². The van der Waals surface area contributed by atoms with Crippen LogP contribution in [0.15, 0.2) is 34.6 Å². The van der Waals surface area contributed by atoms with Crippen LogP contribution in [0.4, 0.5) is 5.69 Å². The molecule has 20 nitrogen and oxygen atoms in total. The van der Waals surface area contributed by atoms with Crippen LogP contribution in [0.2, 0.25) is 0 Å². The van der Waals surface area contributed by atoms with Crippen molar-refractivity contribution >= 4 is 11.7 Å². The highest BCUT2D eigenvalue weighted by Crippen LogP contribution is 2.40. The Morgan fingerprint density at radius 3 is 1.96 bits per heavy atom. The van der Waals surface area contributed by atoms with Gasteiger partial charge in [-0.05, 0) is 114 Å². The summed E-state index contributed by atoms with van der Waals surface area (Å²) >= 11 is 0. The molecule has 6 unspecified atom stereocenters. The number of aliphatic hydroxyl groups excluding tert-OH is 3. The van der Waals surface area contributed by atoms with Gasteiger partial charge in [0, 0.05) is 63.8 Å². The van der Waals surface area contributed by atoms with Crippen LogP contribution in [-0.2, 0) is 39.6 Å². The SMILES string of the molecule is CC.CC.CC.CC.CC(C)N=NN(C)CCc1ccc([N+](=O)[O-])cc1.CC[C@H]1OC(=O)C(C)[C@@H](O[C@H]2C[C@@](C)(OC)[C@@H](O)C(C)O2)[C@H](C)[C@@H](OC2O[C@H](C)CC(NC)[C@H]2O)[C@](C)(O)C[C@@H](C)CN(C)C(C)C(O)[C@]1(C)O. The van der Waals surface area contributed by atoms with E-state index >= 15 is 0 Å². The van der Waals surface area contributed by atoms with E-state index in [0.29, 0.717) is 13.0 Å². The maximum atomic E-state index is 14.2. The van der Waals surface area contributed by atoms with E-state index in [4.69, 9.17) is 28.4 Å². The van der Waals surface area contributed by atoms with E-state index < -0.39 is 101 Å². The van der Waals surface area contributed by atoms with E-state index in [1.165, 1.54) is 26.2 Å². The first-order valence-corrected chi connectivity index (χ1v) is 28.6. The third kappa shape index (κ3) is 23.2. The van der Waals surface area contributed by atoms with Crippen LogP contribution in [0.1, 0.15) is 170 Å². The van der Waals surface area contributed by atoms with Crippen molar-refractivity contribution in [2.24, 2.45) is 28.1 Å². The Balaban J connectivity index is 0. The molecule has 77 heavy (non-hydrogen) atoms. The third-order valence-electron chi connectivity index (χ3n) is 14.3. The number of benzene rings is 1. The lowest BCUT2D eigenvalue weighted by molar-refractivity contribution is -0.384. The van der Waals surface area contributed by atoms with Gasteiger partial charge in [-0.1, -0.05) is 93.5 Å². The van der Waals surface area contributed by atoms with Gasteiger partial charge < -0.3 is 64.2 Å². The summed E-state index contributed by atoms with van der Waals surface area (Å²) in [5, 5.41) is 81.3. The second-order valence-corrected chi connectivity index (χ2v) is 20.9. The molecule has 0 aromatic heterocycles. The molecule has 0 spiro atoms. The molecule has 3 heterocycles. The molecule has 0 amide bonds. The Labute approximate surface area is 465 Å². The summed E-state index contributed by atoms with van der Waals surface area (Å²) in [7, 11) is 6.96. The van der Waals surface area contributed by atoms with Crippen LogP contribution in [0.3, 0.4) is 0 Å². The number of ether oxygens (including phenoxy) is 6. The lowest BCUT2D eigenvalue weighted by Gasteiger charge is -2.48. The highest BCUT2D eigenvalue weighted by molar-refractivity contribution is 5.73. The van der Waals surface area contributed by atoms with Gasteiger partial charge in [0.1, 0.15) is 30.0 Å². The highest BCUT2D eigenvalue weighted by Gasteiger charge is 2.52. The van der Waals surface area contributed by atoms with Crippen molar-refractivity contribution in [1.29, 1.82) is 0 Å². The number of nitro benzene ring substituents is 1. The van der Waals surface area contributed by atoms with Gasteiger partial charge in [-0.15, -0.1) is 0 Å². The molecule has 1 aromatic rings. The number of nitrogens with zero attached hydrogens (tertiary/aromatic N) is 5. The number of hydrogen-bond donors (Lipinski definition) is 6. The lowest BCUT2D eigenvalue weighted by atomic mass is 9.77. The van der Waals surface area contributed by atoms with Crippen molar-refractivity contribution in [2.45, 2.75) is 267 Å². The Morgan fingerprint density at radius 1 is 0.909 bits per heavy atom. The molecule has 0 bridgehead atoms. The molecule has 1 aromatic carbocycles. The quantitative estimate of drug-likeness (QED) is 0.0468. The maximum Gasteiger partial charge on any atom is 0.311 e. The monoisotopic (exact) mass is 1100 g/mol. The minimum Gasteiger partial charge on any atom is -0.459 e. The standard InChI is InChI=1S/C37H70N2O12.C12H18N4O2.4C2H6/c1-14-26-37(10,45)30(41)23(6)39(12)18-19(2)16-35(8,44)32(51-34-28(40)25(38-11)15-20(3)47-34)21(4)29(22(5)33(43)49-26)50-27-17-36(9,46-13)31(42)24(7)48-27;1-10(2)13-14-15(3)9-8-11-4-6-12(7-5-11)16(17)18;4*1-2/h19-32,34,38,40-42,44-45H,14-18H2,1-13H3;4-7,10H,8-9H2,1-3H3;4*1-2H3/t19-,20-,21+,22?,23?,24?,25?,26-,27+,28-,29+,30?,31+,32-,34?,35-,36-,37-;;;;;/m1...../s1. The van der Waals surface area contributed by atoms with Gasteiger partial charge in [-0.25, -0.2) is 0 Å². The average molecular weight is 1110 g/mol. The molecule has 3 saturated heterocycles. The van der Waals surface area contributed by atoms with Gasteiger partial charge in [0.05, 0.1) is 52.5 Å². The van der Waals surface area contributed by atoms with Crippen molar-refractivity contribution in [3.63, 3.8) is 0 Å². The van der Waals surface area contributed by atoms with Crippen molar-refractivity contribution in [3.05, 3.63) is 39.9 Å². The number of non-ortho nitro benzene ring substituents is 1. The van der Waals surface area contributed by atoms with Gasteiger partial charge in [-0.2, -0.15) is 5.11 Å². The molecule has 20 heteroatoms. The first-order valence-electron chi connectivity index (χ1n) is 28.6. The lowest BCUT2D eigenvalue weighted by Crippen LogP contribution is -2.60. The number of aliphatic hydroxyl groups is 5. The fourth-order valence-electron chi connectivity index (χ4n) is 9.85. The summed E-state index contributed by atoms with van der Waals surface area (Å²) in [5.74, 6) is -2.59. The summed E-state index contributed by atoms with van der Waals surface area (Å²) in [5.41, 5.74) is -3.21. The van der Waals surface area contributed by atoms with E-state index in [9.17, 15) is 40.4 Å². The number of likely N-dealkylation sites (N-methyl/N-ethyl adjacent to an activating group) is 3. The Bertz CT molecular complexity index is 1760. The number of esters is 1. The molecule has 4 rings (SSSR count). The van der Waals surface area contributed by atoms with Crippen molar-refractivity contribution in [1.82, 2.24) is 15.2 Å². The summed E-state index contributed by atoms with van der Waals surface area (Å²) in [6.45, 7) is 38.6. The topological polar surface area (TPSA) is 260 Å². The van der Waals surface area contributed by atoms with Crippen molar-refractivity contribution in [2.75, 3.05) is 41.3 Å². The van der Waals surface area contributed by atoms with Crippen LogP contribution in [0.25, 0.3) is 0 Å². The Kier molecular flexibility index (Phi) is 36.7. The van der Waals surface area contributed by atoms with Crippen molar-refractivity contribution < 1.29 is 63.7 Å². The molecule has 0 aliphatic carbocycles. The first-order chi connectivity index (χ1) is 36.0. The van der Waals surface area contributed by atoms with E-state index in [1.54, 1.807) is 65.7 Å². The molecular formula is C57H112N6O14. The molecular weight excluding hydrogens is 993 g/mol. The summed E-state index contributed by atoms with van der Waals surface area (Å²) < 4.78 is 37.3. The predicted molar refractivity (Wildman–Crippen MR) is 304 cm³/mol.